The first kappa shape index (κ1) is 29.7. The van der Waals surface area contributed by atoms with Gasteiger partial charge in [0.2, 0.25) is 0 Å². The van der Waals surface area contributed by atoms with Gasteiger partial charge in [-0.2, -0.15) is 0 Å². The Morgan fingerprint density at radius 3 is 1.94 bits per heavy atom. The van der Waals surface area contributed by atoms with Crippen molar-refractivity contribution >= 4 is 32.8 Å². The molecule has 0 fully saturated rings. The van der Waals surface area contributed by atoms with Crippen molar-refractivity contribution in [3.05, 3.63) is 157 Å². The fourth-order valence-electron chi connectivity index (χ4n) is 7.41. The van der Waals surface area contributed by atoms with Crippen molar-refractivity contribution < 1.29 is 5.11 Å². The Bertz CT molecular complexity index is 2700. The predicted octanol–water partition coefficient (Wildman–Crippen LogP) is 11.1. The van der Waals surface area contributed by atoms with E-state index in [0.29, 0.717) is 11.4 Å². The number of rotatable bonds is 5. The Morgan fingerprint density at radius 2 is 1.18 bits per heavy atom. The summed E-state index contributed by atoms with van der Waals surface area (Å²) in [6.07, 6.45) is 1.96. The second-order valence-corrected chi connectivity index (χ2v) is 13.0. The summed E-state index contributed by atoms with van der Waals surface area (Å²) in [5.74, 6) is 0.940. The van der Waals surface area contributed by atoms with Crippen LogP contribution in [0.2, 0.25) is 0 Å². The number of phenols is 1. The van der Waals surface area contributed by atoms with Gasteiger partial charge in [0.15, 0.2) is 0 Å². The molecular weight excluding hydrogens is 613 g/mol. The number of aryl methyl sites for hydroxylation is 3. The summed E-state index contributed by atoms with van der Waals surface area (Å²) < 4.78 is 4.36. The zero-order valence-corrected chi connectivity index (χ0v) is 28.1. The van der Waals surface area contributed by atoms with Gasteiger partial charge in [0.25, 0.3) is 0 Å². The molecule has 5 nitrogen and oxygen atoms in total. The van der Waals surface area contributed by atoms with Crippen molar-refractivity contribution in [1.82, 2.24) is 19.1 Å². The molecule has 6 aromatic carbocycles. The highest BCUT2D eigenvalue weighted by molar-refractivity contribution is 6.09. The van der Waals surface area contributed by atoms with Crippen LogP contribution in [0.4, 0.5) is 0 Å². The van der Waals surface area contributed by atoms with E-state index in [4.69, 9.17) is 9.97 Å². The molecule has 9 rings (SSSR count). The molecule has 0 saturated carbocycles. The van der Waals surface area contributed by atoms with Crippen LogP contribution in [0.5, 0.6) is 5.75 Å². The lowest BCUT2D eigenvalue weighted by atomic mass is 9.97. The van der Waals surface area contributed by atoms with Crippen LogP contribution in [0.3, 0.4) is 0 Å². The largest absolute Gasteiger partial charge is 0.507 e. The van der Waals surface area contributed by atoms with Gasteiger partial charge in [-0.3, -0.25) is 4.98 Å². The number of pyridine rings is 1. The Morgan fingerprint density at radius 1 is 0.540 bits per heavy atom. The molecule has 1 N–H and O–H groups in total. The molecule has 0 aliphatic heterocycles. The summed E-state index contributed by atoms with van der Waals surface area (Å²) in [6, 6.07) is 48.5. The maximum atomic E-state index is 11.6. The first-order valence-corrected chi connectivity index (χ1v) is 16.9. The van der Waals surface area contributed by atoms with E-state index in [1.165, 1.54) is 21.9 Å². The van der Waals surface area contributed by atoms with Crippen LogP contribution in [0.1, 0.15) is 11.1 Å². The summed E-state index contributed by atoms with van der Waals surface area (Å²) in [5.41, 5.74) is 14.1. The third-order valence-corrected chi connectivity index (χ3v) is 9.93. The lowest BCUT2D eigenvalue weighted by molar-refractivity contribution is 0.472. The predicted molar refractivity (Wildman–Crippen MR) is 206 cm³/mol. The van der Waals surface area contributed by atoms with E-state index in [0.717, 1.165) is 61.3 Å². The second kappa shape index (κ2) is 11.6. The summed E-state index contributed by atoms with van der Waals surface area (Å²) in [6.45, 7) is 4.06. The van der Waals surface area contributed by atoms with E-state index in [9.17, 15) is 5.11 Å². The smallest absolute Gasteiger partial charge is 0.144 e. The zero-order chi connectivity index (χ0) is 33.9. The van der Waals surface area contributed by atoms with Gasteiger partial charge in [-0.25, -0.2) is 4.98 Å². The summed E-state index contributed by atoms with van der Waals surface area (Å²) in [5, 5.41) is 13.9. The summed E-state index contributed by atoms with van der Waals surface area (Å²) >= 11 is 0. The minimum atomic E-state index is 0.233. The number of phenolic OH excluding ortho intramolecular Hbond substituents is 1. The molecule has 0 aliphatic rings. The topological polar surface area (TPSA) is 55.9 Å². The molecule has 0 unspecified atom stereocenters. The maximum absolute atomic E-state index is 11.6. The summed E-state index contributed by atoms with van der Waals surface area (Å²) in [7, 11) is 2.02. The van der Waals surface area contributed by atoms with Crippen LogP contribution in [0, 0.1) is 13.8 Å². The van der Waals surface area contributed by atoms with E-state index < -0.39 is 0 Å². The average molecular weight is 647 g/mol. The quantitative estimate of drug-likeness (QED) is 0.202. The first-order valence-electron chi connectivity index (χ1n) is 16.9. The Hall–Kier alpha value is -6.46. The fourth-order valence-corrected chi connectivity index (χ4v) is 7.41. The summed E-state index contributed by atoms with van der Waals surface area (Å²) in [4.78, 5) is 10.1. The van der Waals surface area contributed by atoms with Gasteiger partial charge in [-0.15, -0.1) is 0 Å². The zero-order valence-electron chi connectivity index (χ0n) is 28.1. The van der Waals surface area contributed by atoms with Crippen molar-refractivity contribution in [2.75, 3.05) is 0 Å². The molecule has 50 heavy (non-hydrogen) atoms. The molecule has 0 amide bonds. The van der Waals surface area contributed by atoms with Crippen LogP contribution in [-0.2, 0) is 7.05 Å². The molecule has 0 saturated heterocycles. The minimum absolute atomic E-state index is 0.233. The Kier molecular flexibility index (Phi) is 6.88. The molecule has 3 aromatic heterocycles. The highest BCUT2D eigenvalue weighted by Gasteiger charge is 2.21. The van der Waals surface area contributed by atoms with Crippen molar-refractivity contribution in [2.45, 2.75) is 13.8 Å². The molecular formula is C45H34N4O. The molecule has 3 heterocycles. The SMILES string of the molecule is Cc1cnc(-c2cccc(-c3cccc4c3nc(-c3cc(-n5c6ccccc6c6ccccc65)cc(C)c3O)n4C)c2)cc1-c1ccccc1. The number of para-hydroxylation sites is 3. The van der Waals surface area contributed by atoms with Gasteiger partial charge in [-0.05, 0) is 84.1 Å². The third-order valence-electron chi connectivity index (χ3n) is 9.93. The van der Waals surface area contributed by atoms with Crippen LogP contribution in [-0.4, -0.2) is 24.2 Å². The van der Waals surface area contributed by atoms with Gasteiger partial charge in [0, 0.05) is 40.8 Å². The van der Waals surface area contributed by atoms with E-state index in [2.05, 4.69) is 150 Å². The van der Waals surface area contributed by atoms with Gasteiger partial charge in [0.05, 0.1) is 33.3 Å². The number of imidazole rings is 1. The standard InChI is InChI=1S/C45H34N4O/c1-28-23-33(49-40-20-9-7-17-35(40)36-18-8-10-21-41(36)49)25-38(44(28)50)45-47-43-34(19-12-22-42(43)48(45)3)31-15-11-16-32(24-31)39-26-37(29(2)27-46-39)30-13-5-4-6-14-30/h4-27,50H,1-3H3. The molecule has 9 aromatic rings. The van der Waals surface area contributed by atoms with Crippen LogP contribution < -0.4 is 0 Å². The molecule has 0 atom stereocenters. The maximum Gasteiger partial charge on any atom is 0.144 e. The van der Waals surface area contributed by atoms with E-state index in [1.807, 2.05) is 26.2 Å². The van der Waals surface area contributed by atoms with Crippen LogP contribution in [0.15, 0.2) is 146 Å². The Balaban J connectivity index is 1.18. The Labute approximate surface area is 290 Å². The number of hydrogen-bond acceptors (Lipinski definition) is 3. The third kappa shape index (κ3) is 4.70. The molecule has 0 bridgehead atoms. The highest BCUT2D eigenvalue weighted by atomic mass is 16.3. The molecule has 240 valence electrons. The van der Waals surface area contributed by atoms with Crippen LogP contribution >= 0.6 is 0 Å². The van der Waals surface area contributed by atoms with Crippen molar-refractivity contribution in [2.24, 2.45) is 7.05 Å². The number of aromatic nitrogens is 4. The van der Waals surface area contributed by atoms with E-state index in [1.54, 1.807) is 0 Å². The lowest BCUT2D eigenvalue weighted by Gasteiger charge is -2.14. The van der Waals surface area contributed by atoms with Crippen LogP contribution in [0.25, 0.3) is 83.4 Å². The monoisotopic (exact) mass is 646 g/mol. The number of fused-ring (bicyclic) bond motifs is 4. The van der Waals surface area contributed by atoms with Gasteiger partial charge >= 0.3 is 0 Å². The average Bonchev–Trinajstić information content (AvgIpc) is 3.68. The van der Waals surface area contributed by atoms with Gasteiger partial charge in [0.1, 0.15) is 11.6 Å². The first-order chi connectivity index (χ1) is 24.5. The highest BCUT2D eigenvalue weighted by Crippen LogP contribution is 2.40. The minimum Gasteiger partial charge on any atom is -0.507 e. The molecule has 0 aliphatic carbocycles. The van der Waals surface area contributed by atoms with E-state index >= 15 is 0 Å². The number of aromatic hydroxyl groups is 1. The lowest BCUT2D eigenvalue weighted by Crippen LogP contribution is -1.99. The van der Waals surface area contributed by atoms with Gasteiger partial charge < -0.3 is 14.2 Å². The van der Waals surface area contributed by atoms with Crippen molar-refractivity contribution in [3.8, 4) is 56.3 Å². The molecule has 0 spiro atoms. The molecule has 5 heteroatoms. The van der Waals surface area contributed by atoms with E-state index in [-0.39, 0.29) is 5.75 Å². The normalized spacial score (nSPS) is 11.6. The second-order valence-electron chi connectivity index (χ2n) is 13.0. The van der Waals surface area contributed by atoms with Crippen molar-refractivity contribution in [3.63, 3.8) is 0 Å². The fraction of sp³-hybridized carbons (Fsp3) is 0.0667. The number of nitrogens with zero attached hydrogens (tertiary/aromatic N) is 4. The van der Waals surface area contributed by atoms with Gasteiger partial charge in [-0.1, -0.05) is 97.1 Å². The van der Waals surface area contributed by atoms with Crippen molar-refractivity contribution in [1.29, 1.82) is 0 Å². The number of benzene rings is 6. The molecule has 0 radical (unpaired) electrons. The number of hydrogen-bond donors (Lipinski definition) is 1.